The van der Waals surface area contributed by atoms with E-state index >= 15 is 0 Å². The number of halogens is 1. The average molecular weight is 254 g/mol. The summed E-state index contributed by atoms with van der Waals surface area (Å²) in [7, 11) is 1.51. The zero-order valence-corrected chi connectivity index (χ0v) is 9.55. The number of carbonyl (C=O) groups is 1. The number of aromatic nitrogens is 3. The summed E-state index contributed by atoms with van der Waals surface area (Å²) in [6.45, 7) is 0. The number of methoxy groups -OCH3 is 1. The van der Waals surface area contributed by atoms with Crippen molar-refractivity contribution in [3.63, 3.8) is 0 Å². The molecule has 0 saturated carbocycles. The number of aromatic carboxylic acids is 1. The molecule has 0 aliphatic carbocycles. The van der Waals surface area contributed by atoms with Crippen LogP contribution in [0.5, 0.6) is 5.75 Å². The fourth-order valence-electron chi connectivity index (χ4n) is 1.27. The van der Waals surface area contributed by atoms with Crippen LogP contribution in [0.15, 0.2) is 24.4 Å². The Bertz CT molecular complexity index is 568. The maximum absolute atomic E-state index is 10.7. The van der Waals surface area contributed by atoms with Gasteiger partial charge in [-0.2, -0.15) is 9.90 Å². The smallest absolute Gasteiger partial charge is 0.358 e. The second-order valence-electron chi connectivity index (χ2n) is 3.14. The highest BCUT2D eigenvalue weighted by atomic mass is 35.5. The van der Waals surface area contributed by atoms with Gasteiger partial charge in [-0.25, -0.2) is 4.79 Å². The SMILES string of the molecule is COc1ccc(-n2ncc(C(=O)O)n2)cc1Cl. The third kappa shape index (κ3) is 2.21. The number of carboxylic acids is 1. The lowest BCUT2D eigenvalue weighted by atomic mass is 10.3. The highest BCUT2D eigenvalue weighted by Crippen LogP contribution is 2.25. The summed E-state index contributed by atoms with van der Waals surface area (Å²) in [5, 5.41) is 16.7. The van der Waals surface area contributed by atoms with Crippen molar-refractivity contribution >= 4 is 17.6 Å². The maximum Gasteiger partial charge on any atom is 0.358 e. The number of hydrogen-bond donors (Lipinski definition) is 1. The first-order chi connectivity index (χ1) is 8.11. The Morgan fingerprint density at radius 1 is 1.53 bits per heavy atom. The van der Waals surface area contributed by atoms with Gasteiger partial charge in [-0.05, 0) is 18.2 Å². The summed E-state index contributed by atoms with van der Waals surface area (Å²) in [5.74, 6) is -0.600. The van der Waals surface area contributed by atoms with Crippen molar-refractivity contribution in [3.8, 4) is 11.4 Å². The minimum atomic E-state index is -1.13. The highest BCUT2D eigenvalue weighted by Gasteiger charge is 2.10. The molecule has 0 fully saturated rings. The summed E-state index contributed by atoms with van der Waals surface area (Å²) >= 11 is 5.94. The molecule has 6 nitrogen and oxygen atoms in total. The molecular weight excluding hydrogens is 246 g/mol. The van der Waals surface area contributed by atoms with E-state index in [1.807, 2.05) is 0 Å². The van der Waals surface area contributed by atoms with Crippen LogP contribution in [0.3, 0.4) is 0 Å². The molecule has 1 aromatic heterocycles. The standard InChI is InChI=1S/C10H8ClN3O3/c1-17-9-3-2-6(4-7(9)11)14-12-5-8(13-14)10(15)16/h2-5H,1H3,(H,15,16). The first-order valence-corrected chi connectivity index (χ1v) is 4.99. The molecule has 1 aromatic carbocycles. The lowest BCUT2D eigenvalue weighted by molar-refractivity contribution is 0.0690. The third-order valence-electron chi connectivity index (χ3n) is 2.08. The molecule has 0 atom stereocenters. The number of nitrogens with zero attached hydrogens (tertiary/aromatic N) is 3. The van der Waals surface area contributed by atoms with Gasteiger partial charge in [0.15, 0.2) is 5.69 Å². The Balaban J connectivity index is 2.39. The van der Waals surface area contributed by atoms with E-state index in [1.165, 1.54) is 18.1 Å². The fraction of sp³-hybridized carbons (Fsp3) is 0.100. The summed E-state index contributed by atoms with van der Waals surface area (Å²) < 4.78 is 5.00. The van der Waals surface area contributed by atoms with Crippen LogP contribution in [-0.2, 0) is 0 Å². The summed E-state index contributed by atoms with van der Waals surface area (Å²) in [5.41, 5.74) is 0.431. The van der Waals surface area contributed by atoms with Crippen molar-refractivity contribution in [2.24, 2.45) is 0 Å². The van der Waals surface area contributed by atoms with Crippen LogP contribution >= 0.6 is 11.6 Å². The molecule has 0 aliphatic heterocycles. The predicted molar refractivity (Wildman–Crippen MR) is 59.9 cm³/mol. The topological polar surface area (TPSA) is 77.2 Å². The first kappa shape index (κ1) is 11.4. The van der Waals surface area contributed by atoms with E-state index in [-0.39, 0.29) is 5.69 Å². The second kappa shape index (κ2) is 4.42. The average Bonchev–Trinajstić information content (AvgIpc) is 2.78. The fourth-order valence-corrected chi connectivity index (χ4v) is 1.52. The van der Waals surface area contributed by atoms with Crippen molar-refractivity contribution in [1.82, 2.24) is 15.0 Å². The molecule has 2 aromatic rings. The van der Waals surface area contributed by atoms with E-state index in [9.17, 15) is 4.79 Å². The molecule has 2 rings (SSSR count). The minimum absolute atomic E-state index is 0.128. The van der Waals surface area contributed by atoms with E-state index in [2.05, 4.69) is 10.2 Å². The lowest BCUT2D eigenvalue weighted by Gasteiger charge is -2.04. The van der Waals surface area contributed by atoms with Crippen molar-refractivity contribution in [3.05, 3.63) is 35.1 Å². The second-order valence-corrected chi connectivity index (χ2v) is 3.55. The van der Waals surface area contributed by atoms with Crippen molar-refractivity contribution in [2.45, 2.75) is 0 Å². The van der Waals surface area contributed by atoms with Gasteiger partial charge in [0.1, 0.15) is 5.75 Å². The van der Waals surface area contributed by atoms with Gasteiger partial charge >= 0.3 is 5.97 Å². The van der Waals surface area contributed by atoms with Crippen molar-refractivity contribution < 1.29 is 14.6 Å². The predicted octanol–water partition coefficient (Wildman–Crippen LogP) is 1.63. The van der Waals surface area contributed by atoms with Gasteiger partial charge < -0.3 is 9.84 Å². The Labute approximate surface area is 101 Å². The van der Waals surface area contributed by atoms with Gasteiger partial charge in [0.2, 0.25) is 0 Å². The monoisotopic (exact) mass is 253 g/mol. The van der Waals surface area contributed by atoms with E-state index in [4.69, 9.17) is 21.4 Å². The Morgan fingerprint density at radius 3 is 2.82 bits per heavy atom. The maximum atomic E-state index is 10.7. The molecule has 0 aliphatic rings. The molecule has 17 heavy (non-hydrogen) atoms. The van der Waals surface area contributed by atoms with Crippen LogP contribution in [0.25, 0.3) is 5.69 Å². The van der Waals surface area contributed by atoms with E-state index < -0.39 is 5.97 Å². The number of carboxylic acid groups (broad SMARTS) is 1. The molecule has 88 valence electrons. The Morgan fingerprint density at radius 2 is 2.29 bits per heavy atom. The molecule has 0 unspecified atom stereocenters. The minimum Gasteiger partial charge on any atom is -0.495 e. The molecule has 1 heterocycles. The van der Waals surface area contributed by atoms with Gasteiger partial charge in [0, 0.05) is 0 Å². The first-order valence-electron chi connectivity index (χ1n) is 4.61. The lowest BCUT2D eigenvalue weighted by Crippen LogP contribution is -2.02. The highest BCUT2D eigenvalue weighted by molar-refractivity contribution is 6.32. The Hall–Kier alpha value is -2.08. The van der Waals surface area contributed by atoms with Crippen LogP contribution in [0, 0.1) is 0 Å². The number of rotatable bonds is 3. The molecule has 0 saturated heterocycles. The number of ether oxygens (including phenoxy) is 1. The van der Waals surface area contributed by atoms with E-state index in [0.29, 0.717) is 16.5 Å². The van der Waals surface area contributed by atoms with Gasteiger partial charge in [-0.15, -0.1) is 5.10 Å². The molecule has 0 amide bonds. The molecule has 0 radical (unpaired) electrons. The molecule has 1 N–H and O–H groups in total. The van der Waals surface area contributed by atoms with Crippen LogP contribution in [0.2, 0.25) is 5.02 Å². The summed E-state index contributed by atoms with van der Waals surface area (Å²) in [6, 6.07) is 4.92. The van der Waals surface area contributed by atoms with Gasteiger partial charge in [0.05, 0.1) is 24.0 Å². The quantitative estimate of drug-likeness (QED) is 0.900. The van der Waals surface area contributed by atoms with Crippen LogP contribution in [0.1, 0.15) is 10.5 Å². The molecule has 0 bridgehead atoms. The third-order valence-corrected chi connectivity index (χ3v) is 2.37. The van der Waals surface area contributed by atoms with E-state index in [1.54, 1.807) is 18.2 Å². The van der Waals surface area contributed by atoms with Crippen LogP contribution in [0.4, 0.5) is 0 Å². The van der Waals surface area contributed by atoms with Gasteiger partial charge in [-0.1, -0.05) is 11.6 Å². The number of benzene rings is 1. The summed E-state index contributed by atoms with van der Waals surface area (Å²) in [4.78, 5) is 11.8. The van der Waals surface area contributed by atoms with Crippen molar-refractivity contribution in [1.29, 1.82) is 0 Å². The normalized spacial score (nSPS) is 10.2. The van der Waals surface area contributed by atoms with Gasteiger partial charge in [0.25, 0.3) is 0 Å². The summed E-state index contributed by atoms with van der Waals surface area (Å²) in [6.07, 6.45) is 1.17. The number of hydrogen-bond acceptors (Lipinski definition) is 4. The zero-order valence-electron chi connectivity index (χ0n) is 8.79. The van der Waals surface area contributed by atoms with Crippen molar-refractivity contribution in [2.75, 3.05) is 7.11 Å². The van der Waals surface area contributed by atoms with Crippen LogP contribution in [-0.4, -0.2) is 33.2 Å². The largest absolute Gasteiger partial charge is 0.495 e. The zero-order chi connectivity index (χ0) is 12.4. The van der Waals surface area contributed by atoms with Gasteiger partial charge in [-0.3, -0.25) is 0 Å². The molecular formula is C10H8ClN3O3. The Kier molecular flexibility index (Phi) is 2.97. The molecule has 7 heteroatoms. The molecule has 0 spiro atoms. The van der Waals surface area contributed by atoms with Crippen LogP contribution < -0.4 is 4.74 Å². The van der Waals surface area contributed by atoms with E-state index in [0.717, 1.165) is 0 Å².